The average molecular weight is 303 g/mol. The van der Waals surface area contributed by atoms with E-state index in [1.807, 2.05) is 30.9 Å². The summed E-state index contributed by atoms with van der Waals surface area (Å²) in [4.78, 5) is 6.45. The van der Waals surface area contributed by atoms with Crippen LogP contribution in [-0.2, 0) is 6.54 Å². The van der Waals surface area contributed by atoms with Crippen LogP contribution in [0.4, 0.5) is 4.39 Å². The molecule has 0 aliphatic carbocycles. The molecule has 0 N–H and O–H groups in total. The standard InChI is InChI=1S/C17H22FN3O/c1-13-6-8-20(11-15(13)21-9-7-19-12-21)10-14-4-3-5-16(22-2)17(14)18/h3-5,7,9,12-13,15H,6,8,10-11H2,1-2H3/t13-,15+/m1/s1. The van der Waals surface area contributed by atoms with Gasteiger partial charge in [-0.05, 0) is 24.9 Å². The van der Waals surface area contributed by atoms with Crippen molar-refractivity contribution in [2.75, 3.05) is 20.2 Å². The van der Waals surface area contributed by atoms with Gasteiger partial charge >= 0.3 is 0 Å². The van der Waals surface area contributed by atoms with E-state index < -0.39 is 0 Å². The van der Waals surface area contributed by atoms with E-state index in [-0.39, 0.29) is 5.82 Å². The normalized spacial score (nSPS) is 22.7. The Morgan fingerprint density at radius 3 is 3.00 bits per heavy atom. The molecule has 0 spiro atoms. The molecule has 2 heterocycles. The Labute approximate surface area is 130 Å². The maximum Gasteiger partial charge on any atom is 0.169 e. The van der Waals surface area contributed by atoms with E-state index in [4.69, 9.17) is 4.74 Å². The van der Waals surface area contributed by atoms with Gasteiger partial charge in [-0.25, -0.2) is 9.37 Å². The van der Waals surface area contributed by atoms with Crippen molar-refractivity contribution >= 4 is 0 Å². The van der Waals surface area contributed by atoms with Gasteiger partial charge in [-0.1, -0.05) is 19.1 Å². The molecule has 1 aliphatic heterocycles. The molecule has 0 radical (unpaired) electrons. The number of imidazole rings is 1. The number of methoxy groups -OCH3 is 1. The summed E-state index contributed by atoms with van der Waals surface area (Å²) in [6, 6.07) is 5.73. The number of halogens is 1. The molecule has 0 amide bonds. The first kappa shape index (κ1) is 15.0. The van der Waals surface area contributed by atoms with Gasteiger partial charge in [0.1, 0.15) is 0 Å². The van der Waals surface area contributed by atoms with Crippen LogP contribution in [-0.4, -0.2) is 34.7 Å². The van der Waals surface area contributed by atoms with Crippen molar-refractivity contribution in [2.45, 2.75) is 25.9 Å². The van der Waals surface area contributed by atoms with Crippen molar-refractivity contribution in [3.05, 3.63) is 48.3 Å². The van der Waals surface area contributed by atoms with Crippen LogP contribution in [0.1, 0.15) is 24.9 Å². The van der Waals surface area contributed by atoms with Crippen molar-refractivity contribution in [3.8, 4) is 5.75 Å². The third-order valence-corrected chi connectivity index (χ3v) is 4.57. The number of aromatic nitrogens is 2. The van der Waals surface area contributed by atoms with Crippen LogP contribution in [0.5, 0.6) is 5.75 Å². The molecule has 118 valence electrons. The largest absolute Gasteiger partial charge is 0.494 e. The molecule has 1 aromatic heterocycles. The van der Waals surface area contributed by atoms with Crippen LogP contribution in [0, 0.1) is 11.7 Å². The zero-order chi connectivity index (χ0) is 15.5. The van der Waals surface area contributed by atoms with Crippen molar-refractivity contribution in [1.29, 1.82) is 0 Å². The van der Waals surface area contributed by atoms with Crippen LogP contribution in [0.2, 0.25) is 0 Å². The fourth-order valence-corrected chi connectivity index (χ4v) is 3.19. The lowest BCUT2D eigenvalue weighted by molar-refractivity contribution is 0.125. The molecule has 22 heavy (non-hydrogen) atoms. The van der Waals surface area contributed by atoms with E-state index in [0.29, 0.717) is 29.8 Å². The highest BCUT2D eigenvalue weighted by Gasteiger charge is 2.27. The van der Waals surface area contributed by atoms with Crippen molar-refractivity contribution in [2.24, 2.45) is 5.92 Å². The van der Waals surface area contributed by atoms with E-state index in [0.717, 1.165) is 19.5 Å². The van der Waals surface area contributed by atoms with Crippen LogP contribution >= 0.6 is 0 Å². The van der Waals surface area contributed by atoms with Crippen LogP contribution < -0.4 is 4.74 Å². The van der Waals surface area contributed by atoms with Gasteiger partial charge in [-0.2, -0.15) is 0 Å². The lowest BCUT2D eigenvalue weighted by Crippen LogP contribution is -2.40. The minimum absolute atomic E-state index is 0.247. The SMILES string of the molecule is COc1cccc(CN2CC[C@@H](C)[C@@H](n3ccnc3)C2)c1F. The maximum absolute atomic E-state index is 14.3. The minimum Gasteiger partial charge on any atom is -0.494 e. The number of benzene rings is 1. The number of nitrogens with zero attached hydrogens (tertiary/aromatic N) is 3. The summed E-state index contributed by atoms with van der Waals surface area (Å²) in [5, 5.41) is 0. The lowest BCUT2D eigenvalue weighted by atomic mass is 9.93. The lowest BCUT2D eigenvalue weighted by Gasteiger charge is -2.37. The molecule has 1 aromatic carbocycles. The second-order valence-corrected chi connectivity index (χ2v) is 6.01. The van der Waals surface area contributed by atoms with Crippen LogP contribution in [0.15, 0.2) is 36.9 Å². The molecule has 2 atom stereocenters. The van der Waals surface area contributed by atoms with Gasteiger partial charge in [-0.15, -0.1) is 0 Å². The Kier molecular flexibility index (Phi) is 4.43. The molecule has 3 rings (SSSR count). The van der Waals surface area contributed by atoms with Crippen LogP contribution in [0.25, 0.3) is 0 Å². The van der Waals surface area contributed by atoms with Crippen LogP contribution in [0.3, 0.4) is 0 Å². The fourth-order valence-electron chi connectivity index (χ4n) is 3.19. The Morgan fingerprint density at radius 2 is 2.27 bits per heavy atom. The Bertz CT molecular complexity index is 614. The van der Waals surface area contributed by atoms with Gasteiger partial charge in [0.05, 0.1) is 13.4 Å². The summed E-state index contributed by atoms with van der Waals surface area (Å²) in [5.41, 5.74) is 0.693. The minimum atomic E-state index is -0.247. The molecular weight excluding hydrogens is 281 g/mol. The molecule has 4 nitrogen and oxygen atoms in total. The highest BCUT2D eigenvalue weighted by molar-refractivity contribution is 5.31. The Hall–Kier alpha value is -1.88. The Balaban J connectivity index is 1.73. The highest BCUT2D eigenvalue weighted by atomic mass is 19.1. The zero-order valence-corrected chi connectivity index (χ0v) is 13.1. The molecule has 1 saturated heterocycles. The fraction of sp³-hybridized carbons (Fsp3) is 0.471. The zero-order valence-electron chi connectivity index (χ0n) is 13.1. The van der Waals surface area contributed by atoms with E-state index in [9.17, 15) is 4.39 Å². The molecule has 5 heteroatoms. The summed E-state index contributed by atoms with van der Waals surface area (Å²) >= 11 is 0. The van der Waals surface area contributed by atoms with E-state index >= 15 is 0 Å². The monoisotopic (exact) mass is 303 g/mol. The summed E-state index contributed by atoms with van der Waals surface area (Å²) in [7, 11) is 1.50. The molecule has 0 bridgehead atoms. The summed E-state index contributed by atoms with van der Waals surface area (Å²) in [5.74, 6) is 0.664. The molecule has 0 saturated carbocycles. The molecule has 2 aromatic rings. The quantitative estimate of drug-likeness (QED) is 0.869. The van der Waals surface area contributed by atoms with Crippen molar-refractivity contribution < 1.29 is 9.13 Å². The molecule has 0 unspecified atom stereocenters. The van der Waals surface area contributed by atoms with Gasteiger partial charge in [-0.3, -0.25) is 4.90 Å². The number of likely N-dealkylation sites (tertiary alicyclic amines) is 1. The van der Waals surface area contributed by atoms with Gasteiger partial charge in [0.15, 0.2) is 11.6 Å². The molecule has 1 aliphatic rings. The maximum atomic E-state index is 14.3. The number of piperidine rings is 1. The predicted molar refractivity (Wildman–Crippen MR) is 83.3 cm³/mol. The predicted octanol–water partition coefficient (Wildman–Crippen LogP) is 3.11. The number of hydrogen-bond donors (Lipinski definition) is 0. The van der Waals surface area contributed by atoms with E-state index in [1.165, 1.54) is 7.11 Å². The number of rotatable bonds is 4. The second kappa shape index (κ2) is 6.48. The third-order valence-electron chi connectivity index (χ3n) is 4.57. The number of ether oxygens (including phenoxy) is 1. The van der Waals surface area contributed by atoms with E-state index in [1.54, 1.807) is 6.07 Å². The smallest absolute Gasteiger partial charge is 0.169 e. The molecule has 1 fully saturated rings. The third kappa shape index (κ3) is 2.99. The van der Waals surface area contributed by atoms with Crippen molar-refractivity contribution in [1.82, 2.24) is 14.5 Å². The average Bonchev–Trinajstić information content (AvgIpc) is 3.05. The van der Waals surface area contributed by atoms with Gasteiger partial charge in [0, 0.05) is 37.1 Å². The van der Waals surface area contributed by atoms with Gasteiger partial charge in [0.2, 0.25) is 0 Å². The summed E-state index contributed by atoms with van der Waals surface area (Å²) < 4.78 is 21.5. The summed E-state index contributed by atoms with van der Waals surface area (Å²) in [6.07, 6.45) is 6.80. The van der Waals surface area contributed by atoms with E-state index in [2.05, 4.69) is 21.4 Å². The second-order valence-electron chi connectivity index (χ2n) is 6.01. The van der Waals surface area contributed by atoms with Crippen molar-refractivity contribution in [3.63, 3.8) is 0 Å². The Morgan fingerprint density at radius 1 is 1.41 bits per heavy atom. The van der Waals surface area contributed by atoms with Gasteiger partial charge < -0.3 is 9.30 Å². The first-order valence-electron chi connectivity index (χ1n) is 7.70. The first-order valence-corrected chi connectivity index (χ1v) is 7.70. The molecular formula is C17H22FN3O. The highest BCUT2D eigenvalue weighted by Crippen LogP contribution is 2.29. The first-order chi connectivity index (χ1) is 10.7. The number of hydrogen-bond acceptors (Lipinski definition) is 3. The van der Waals surface area contributed by atoms with Gasteiger partial charge in [0.25, 0.3) is 0 Å². The topological polar surface area (TPSA) is 30.3 Å². The summed E-state index contributed by atoms with van der Waals surface area (Å²) in [6.45, 7) is 4.78.